The van der Waals surface area contributed by atoms with Crippen molar-refractivity contribution in [3.63, 3.8) is 0 Å². The minimum atomic E-state index is -1.87. The quantitative estimate of drug-likeness (QED) is 0.590. The number of hydrogen-bond donors (Lipinski definition) is 0. The lowest BCUT2D eigenvalue weighted by atomic mass is 9.84. The zero-order chi connectivity index (χ0) is 20.0. The average molecular weight is 386 g/mol. The minimum absolute atomic E-state index is 0.0526. The lowest BCUT2D eigenvalue weighted by Crippen LogP contribution is -2.47. The molecule has 28 heavy (non-hydrogen) atoms. The predicted octanol–water partition coefficient (Wildman–Crippen LogP) is 4.39. The maximum atomic E-state index is 9.08. The maximum Gasteiger partial charge on any atom is 0.240 e. The molecule has 3 aromatic carbocycles. The lowest BCUT2D eigenvalue weighted by molar-refractivity contribution is 0.0896. The summed E-state index contributed by atoms with van der Waals surface area (Å²) in [5.74, 6) is 0. The first kappa shape index (κ1) is 20.1. The molecular formula is C25H27NOSi. The summed E-state index contributed by atoms with van der Waals surface area (Å²) in [6.07, 6.45) is 0.367. The molecular weight excluding hydrogens is 358 g/mol. The van der Waals surface area contributed by atoms with Gasteiger partial charge in [0.25, 0.3) is 0 Å². The second kappa shape index (κ2) is 9.01. The van der Waals surface area contributed by atoms with Crippen LogP contribution in [0.1, 0.15) is 38.0 Å². The highest BCUT2D eigenvalue weighted by atomic mass is 28.3. The highest BCUT2D eigenvalue weighted by Crippen LogP contribution is 2.36. The SMILES string of the molecule is CC(C)(C)C(O[SiH](c1ccccc1)c1ccccc1)c1cccc(CC#N)c1. The summed E-state index contributed by atoms with van der Waals surface area (Å²) in [7, 11) is -1.87. The molecule has 3 rings (SSSR count). The van der Waals surface area contributed by atoms with Gasteiger partial charge in [0, 0.05) is 0 Å². The first-order valence-corrected chi connectivity index (χ1v) is 11.3. The fourth-order valence-electron chi connectivity index (χ4n) is 3.48. The van der Waals surface area contributed by atoms with E-state index in [1.54, 1.807) is 0 Å². The Kier molecular flexibility index (Phi) is 6.46. The van der Waals surface area contributed by atoms with E-state index in [1.807, 2.05) is 24.3 Å². The van der Waals surface area contributed by atoms with Crippen LogP contribution in [0.5, 0.6) is 0 Å². The zero-order valence-electron chi connectivity index (χ0n) is 16.8. The van der Waals surface area contributed by atoms with Gasteiger partial charge >= 0.3 is 0 Å². The molecule has 0 heterocycles. The fourth-order valence-corrected chi connectivity index (χ4v) is 6.16. The minimum Gasteiger partial charge on any atom is -0.403 e. The van der Waals surface area contributed by atoms with E-state index in [9.17, 15) is 0 Å². The van der Waals surface area contributed by atoms with Gasteiger partial charge in [-0.25, -0.2) is 0 Å². The van der Waals surface area contributed by atoms with Crippen LogP contribution in [-0.4, -0.2) is 9.04 Å². The number of nitriles is 1. The molecule has 2 nitrogen and oxygen atoms in total. The third-order valence-electron chi connectivity index (χ3n) is 4.80. The van der Waals surface area contributed by atoms with Crippen LogP contribution in [0.2, 0.25) is 0 Å². The van der Waals surface area contributed by atoms with Gasteiger partial charge in [-0.05, 0) is 26.9 Å². The van der Waals surface area contributed by atoms with Gasteiger partial charge in [0.2, 0.25) is 9.04 Å². The summed E-state index contributed by atoms with van der Waals surface area (Å²) < 4.78 is 6.96. The summed E-state index contributed by atoms with van der Waals surface area (Å²) in [6, 6.07) is 31.7. The molecule has 0 bridgehead atoms. The van der Waals surface area contributed by atoms with E-state index in [0.29, 0.717) is 6.42 Å². The Labute approximate surface area is 170 Å². The molecule has 0 saturated carbocycles. The monoisotopic (exact) mass is 385 g/mol. The van der Waals surface area contributed by atoms with Crippen molar-refractivity contribution in [3.8, 4) is 6.07 Å². The van der Waals surface area contributed by atoms with E-state index in [4.69, 9.17) is 9.69 Å². The zero-order valence-corrected chi connectivity index (χ0v) is 18.0. The van der Waals surface area contributed by atoms with E-state index in [1.165, 1.54) is 10.4 Å². The summed E-state index contributed by atoms with van der Waals surface area (Å²) in [4.78, 5) is 0. The second-order valence-corrected chi connectivity index (χ2v) is 10.5. The van der Waals surface area contributed by atoms with Crippen molar-refractivity contribution in [3.05, 3.63) is 96.1 Å². The van der Waals surface area contributed by atoms with Crippen LogP contribution in [0.15, 0.2) is 84.9 Å². The smallest absolute Gasteiger partial charge is 0.240 e. The van der Waals surface area contributed by atoms with Crippen molar-refractivity contribution in [2.45, 2.75) is 33.3 Å². The van der Waals surface area contributed by atoms with Crippen molar-refractivity contribution in [2.24, 2.45) is 5.41 Å². The van der Waals surface area contributed by atoms with E-state index in [2.05, 4.69) is 87.5 Å². The standard InChI is InChI=1S/C25H27NOSi/c1-25(2,3)24(21-12-10-11-20(19-21)17-18-26)27-28(22-13-6-4-7-14-22)23-15-8-5-9-16-23/h4-16,19,24,28H,17H2,1-3H3. The van der Waals surface area contributed by atoms with Gasteiger partial charge in [-0.3, -0.25) is 0 Å². The van der Waals surface area contributed by atoms with E-state index >= 15 is 0 Å². The van der Waals surface area contributed by atoms with Crippen LogP contribution in [0.25, 0.3) is 0 Å². The largest absolute Gasteiger partial charge is 0.403 e. The van der Waals surface area contributed by atoms with Crippen LogP contribution in [0.4, 0.5) is 0 Å². The van der Waals surface area contributed by atoms with E-state index < -0.39 is 9.04 Å². The van der Waals surface area contributed by atoms with Gasteiger partial charge in [-0.1, -0.05) is 106 Å². The van der Waals surface area contributed by atoms with Crippen molar-refractivity contribution in [2.75, 3.05) is 0 Å². The third kappa shape index (κ3) is 4.98. The van der Waals surface area contributed by atoms with Gasteiger partial charge in [-0.2, -0.15) is 5.26 Å². The molecule has 0 saturated heterocycles. The molecule has 0 aliphatic rings. The van der Waals surface area contributed by atoms with Gasteiger partial charge < -0.3 is 4.43 Å². The molecule has 0 amide bonds. The number of rotatable bonds is 6. The van der Waals surface area contributed by atoms with Crippen molar-refractivity contribution in [1.82, 2.24) is 0 Å². The molecule has 0 radical (unpaired) electrons. The Hall–Kier alpha value is -2.67. The first-order chi connectivity index (χ1) is 13.5. The third-order valence-corrected chi connectivity index (χ3v) is 7.33. The number of hydrogen-bond acceptors (Lipinski definition) is 2. The molecule has 0 fully saturated rings. The highest BCUT2D eigenvalue weighted by molar-refractivity contribution is 6.80. The van der Waals surface area contributed by atoms with Gasteiger partial charge in [0.1, 0.15) is 0 Å². The molecule has 1 unspecified atom stereocenters. The topological polar surface area (TPSA) is 33.0 Å². The summed E-state index contributed by atoms with van der Waals surface area (Å²) in [6.45, 7) is 6.65. The van der Waals surface area contributed by atoms with Crippen molar-refractivity contribution < 1.29 is 4.43 Å². The first-order valence-electron chi connectivity index (χ1n) is 9.70. The average Bonchev–Trinajstić information content (AvgIpc) is 2.69. The summed E-state index contributed by atoms with van der Waals surface area (Å²) >= 11 is 0. The molecule has 0 spiro atoms. The molecule has 0 aliphatic carbocycles. The molecule has 0 N–H and O–H groups in total. The molecule has 1 atom stereocenters. The maximum absolute atomic E-state index is 9.08. The van der Waals surface area contributed by atoms with Crippen molar-refractivity contribution >= 4 is 19.4 Å². The second-order valence-electron chi connectivity index (χ2n) is 8.16. The Morgan fingerprint density at radius 1 is 0.857 bits per heavy atom. The van der Waals surface area contributed by atoms with Crippen LogP contribution in [0.3, 0.4) is 0 Å². The van der Waals surface area contributed by atoms with Crippen LogP contribution < -0.4 is 10.4 Å². The Balaban J connectivity index is 2.02. The van der Waals surface area contributed by atoms with Crippen LogP contribution in [-0.2, 0) is 10.8 Å². The normalized spacial score (nSPS) is 12.5. The highest BCUT2D eigenvalue weighted by Gasteiger charge is 2.31. The summed E-state index contributed by atoms with van der Waals surface area (Å²) in [5, 5.41) is 11.6. The van der Waals surface area contributed by atoms with Gasteiger partial charge in [-0.15, -0.1) is 0 Å². The van der Waals surface area contributed by atoms with Gasteiger partial charge in [0.15, 0.2) is 0 Å². The molecule has 3 heteroatoms. The fraction of sp³-hybridized carbons (Fsp3) is 0.240. The number of nitrogens with zero attached hydrogens (tertiary/aromatic N) is 1. The Bertz CT molecular complexity index is 887. The van der Waals surface area contributed by atoms with E-state index in [0.717, 1.165) is 11.1 Å². The van der Waals surface area contributed by atoms with Crippen LogP contribution >= 0.6 is 0 Å². The number of benzene rings is 3. The predicted molar refractivity (Wildman–Crippen MR) is 118 cm³/mol. The Morgan fingerprint density at radius 3 is 1.93 bits per heavy atom. The molecule has 0 aliphatic heterocycles. The van der Waals surface area contributed by atoms with Crippen molar-refractivity contribution in [1.29, 1.82) is 5.26 Å². The molecule has 142 valence electrons. The van der Waals surface area contributed by atoms with Crippen LogP contribution in [0, 0.1) is 16.7 Å². The van der Waals surface area contributed by atoms with E-state index in [-0.39, 0.29) is 11.5 Å². The van der Waals surface area contributed by atoms with Gasteiger partial charge in [0.05, 0.1) is 18.6 Å². The lowest BCUT2D eigenvalue weighted by Gasteiger charge is -2.35. The molecule has 3 aromatic rings. The molecule has 0 aromatic heterocycles. The summed E-state index contributed by atoms with van der Waals surface area (Å²) in [5.41, 5.74) is 2.11. The Morgan fingerprint density at radius 2 is 1.43 bits per heavy atom.